The SMILES string of the molecule is CCCCNC(=NC)NCC(C)Oc1ccc(C)cc1.I. The molecule has 1 atom stereocenters. The van der Waals surface area contributed by atoms with E-state index in [1.54, 1.807) is 7.05 Å². The van der Waals surface area contributed by atoms with Crippen LogP contribution in [0.2, 0.25) is 0 Å². The van der Waals surface area contributed by atoms with Crippen molar-refractivity contribution in [2.24, 2.45) is 4.99 Å². The summed E-state index contributed by atoms with van der Waals surface area (Å²) in [5, 5.41) is 6.55. The fraction of sp³-hybridized carbons (Fsp3) is 0.562. The van der Waals surface area contributed by atoms with Gasteiger partial charge in [0.1, 0.15) is 11.9 Å². The van der Waals surface area contributed by atoms with Gasteiger partial charge in [0.2, 0.25) is 0 Å². The van der Waals surface area contributed by atoms with Crippen LogP contribution in [0.3, 0.4) is 0 Å². The predicted octanol–water partition coefficient (Wildman–Crippen LogP) is 3.35. The molecular weight excluding hydrogens is 377 g/mol. The van der Waals surface area contributed by atoms with Gasteiger partial charge in [-0.3, -0.25) is 4.99 Å². The van der Waals surface area contributed by atoms with Crippen LogP contribution in [0.5, 0.6) is 5.75 Å². The molecule has 1 rings (SSSR count). The number of hydrogen-bond donors (Lipinski definition) is 2. The highest BCUT2D eigenvalue weighted by molar-refractivity contribution is 14.0. The molecule has 0 amide bonds. The first-order valence-electron chi connectivity index (χ1n) is 7.33. The molecule has 0 heterocycles. The molecule has 5 heteroatoms. The summed E-state index contributed by atoms with van der Waals surface area (Å²) in [5.74, 6) is 1.73. The zero-order valence-electron chi connectivity index (χ0n) is 13.5. The van der Waals surface area contributed by atoms with Crippen molar-refractivity contribution in [1.29, 1.82) is 0 Å². The van der Waals surface area contributed by atoms with Crippen molar-refractivity contribution in [3.05, 3.63) is 29.8 Å². The Labute approximate surface area is 145 Å². The summed E-state index contributed by atoms with van der Waals surface area (Å²) in [6.07, 6.45) is 2.41. The molecule has 1 aromatic carbocycles. The van der Waals surface area contributed by atoms with Gasteiger partial charge in [0.25, 0.3) is 0 Å². The van der Waals surface area contributed by atoms with Crippen LogP contribution in [-0.2, 0) is 0 Å². The summed E-state index contributed by atoms with van der Waals surface area (Å²) in [6.45, 7) is 7.96. The molecule has 0 aliphatic heterocycles. The molecule has 0 radical (unpaired) electrons. The number of aryl methyl sites for hydroxylation is 1. The predicted molar refractivity (Wildman–Crippen MR) is 101 cm³/mol. The second-order valence-corrected chi connectivity index (χ2v) is 4.97. The summed E-state index contributed by atoms with van der Waals surface area (Å²) in [4.78, 5) is 4.19. The van der Waals surface area contributed by atoms with Gasteiger partial charge in [0.15, 0.2) is 5.96 Å². The highest BCUT2D eigenvalue weighted by Crippen LogP contribution is 2.12. The number of nitrogens with one attached hydrogen (secondary N) is 2. The minimum atomic E-state index is 0. The van der Waals surface area contributed by atoms with Crippen molar-refractivity contribution < 1.29 is 4.74 Å². The zero-order valence-corrected chi connectivity index (χ0v) is 15.8. The Morgan fingerprint density at radius 1 is 1.24 bits per heavy atom. The zero-order chi connectivity index (χ0) is 14.8. The molecule has 120 valence electrons. The number of aliphatic imine (C=N–C) groups is 1. The van der Waals surface area contributed by atoms with E-state index in [0.29, 0.717) is 0 Å². The van der Waals surface area contributed by atoms with E-state index in [9.17, 15) is 0 Å². The molecular formula is C16H28IN3O. The summed E-state index contributed by atoms with van der Waals surface area (Å²) >= 11 is 0. The van der Waals surface area contributed by atoms with Crippen LogP contribution in [0, 0.1) is 6.92 Å². The normalized spacial score (nSPS) is 12.3. The molecule has 1 unspecified atom stereocenters. The van der Waals surface area contributed by atoms with Crippen LogP contribution in [0.1, 0.15) is 32.3 Å². The third-order valence-electron chi connectivity index (χ3n) is 2.96. The maximum atomic E-state index is 5.84. The third-order valence-corrected chi connectivity index (χ3v) is 2.96. The lowest BCUT2D eigenvalue weighted by atomic mass is 10.2. The average Bonchev–Trinajstić information content (AvgIpc) is 2.45. The van der Waals surface area contributed by atoms with Gasteiger partial charge in [-0.2, -0.15) is 0 Å². The Hall–Kier alpha value is -0.980. The Morgan fingerprint density at radius 2 is 1.90 bits per heavy atom. The average molecular weight is 405 g/mol. The first-order chi connectivity index (χ1) is 9.65. The van der Waals surface area contributed by atoms with E-state index < -0.39 is 0 Å². The van der Waals surface area contributed by atoms with Gasteiger partial charge in [0, 0.05) is 13.6 Å². The van der Waals surface area contributed by atoms with Crippen LogP contribution < -0.4 is 15.4 Å². The monoisotopic (exact) mass is 405 g/mol. The maximum Gasteiger partial charge on any atom is 0.191 e. The van der Waals surface area contributed by atoms with Gasteiger partial charge >= 0.3 is 0 Å². The number of unbranched alkanes of at least 4 members (excludes halogenated alkanes) is 1. The number of ether oxygens (including phenoxy) is 1. The molecule has 0 bridgehead atoms. The quantitative estimate of drug-likeness (QED) is 0.317. The topological polar surface area (TPSA) is 45.7 Å². The van der Waals surface area contributed by atoms with Gasteiger partial charge in [0.05, 0.1) is 6.54 Å². The molecule has 4 nitrogen and oxygen atoms in total. The summed E-state index contributed by atoms with van der Waals surface area (Å²) in [6, 6.07) is 8.11. The molecule has 0 aliphatic rings. The van der Waals surface area contributed by atoms with Crippen molar-refractivity contribution in [3.63, 3.8) is 0 Å². The fourth-order valence-corrected chi connectivity index (χ4v) is 1.74. The maximum absolute atomic E-state index is 5.84. The third kappa shape index (κ3) is 8.80. The number of hydrogen-bond acceptors (Lipinski definition) is 2. The first-order valence-corrected chi connectivity index (χ1v) is 7.33. The van der Waals surface area contributed by atoms with E-state index in [1.807, 2.05) is 19.1 Å². The smallest absolute Gasteiger partial charge is 0.191 e. The van der Waals surface area contributed by atoms with Crippen LogP contribution in [0.15, 0.2) is 29.3 Å². The minimum absolute atomic E-state index is 0. The highest BCUT2D eigenvalue weighted by atomic mass is 127. The lowest BCUT2D eigenvalue weighted by Crippen LogP contribution is -2.42. The molecule has 21 heavy (non-hydrogen) atoms. The summed E-state index contributed by atoms with van der Waals surface area (Å²) < 4.78 is 5.84. The Morgan fingerprint density at radius 3 is 2.48 bits per heavy atom. The minimum Gasteiger partial charge on any atom is -0.489 e. The fourth-order valence-electron chi connectivity index (χ4n) is 1.74. The van der Waals surface area contributed by atoms with Crippen LogP contribution in [0.4, 0.5) is 0 Å². The highest BCUT2D eigenvalue weighted by Gasteiger charge is 2.05. The molecule has 2 N–H and O–H groups in total. The van der Waals surface area contributed by atoms with Crippen molar-refractivity contribution in [1.82, 2.24) is 10.6 Å². The van der Waals surface area contributed by atoms with Crippen molar-refractivity contribution in [2.45, 2.75) is 39.7 Å². The second-order valence-electron chi connectivity index (χ2n) is 4.97. The van der Waals surface area contributed by atoms with Gasteiger partial charge in [-0.15, -0.1) is 24.0 Å². The van der Waals surface area contributed by atoms with Gasteiger partial charge in [-0.1, -0.05) is 31.0 Å². The molecule has 0 aliphatic carbocycles. The van der Waals surface area contributed by atoms with Gasteiger partial charge < -0.3 is 15.4 Å². The van der Waals surface area contributed by atoms with Crippen molar-refractivity contribution >= 4 is 29.9 Å². The lowest BCUT2D eigenvalue weighted by Gasteiger charge is -2.17. The lowest BCUT2D eigenvalue weighted by molar-refractivity contribution is 0.224. The number of halogens is 1. The number of guanidine groups is 1. The van der Waals surface area contributed by atoms with E-state index in [-0.39, 0.29) is 30.1 Å². The van der Waals surface area contributed by atoms with Crippen molar-refractivity contribution in [3.8, 4) is 5.75 Å². The standard InChI is InChI=1S/C16H27N3O.HI/c1-5-6-11-18-16(17-4)19-12-14(3)20-15-9-7-13(2)8-10-15;/h7-10,14H,5-6,11-12H2,1-4H3,(H2,17,18,19);1H. The number of benzene rings is 1. The van der Waals surface area contributed by atoms with E-state index in [2.05, 4.69) is 41.6 Å². The first kappa shape index (κ1) is 20.0. The van der Waals surface area contributed by atoms with Crippen LogP contribution >= 0.6 is 24.0 Å². The van der Waals surface area contributed by atoms with E-state index in [0.717, 1.165) is 31.2 Å². The molecule has 0 saturated carbocycles. The summed E-state index contributed by atoms with van der Waals surface area (Å²) in [5.41, 5.74) is 1.24. The Balaban J connectivity index is 0.00000400. The molecule has 0 spiro atoms. The van der Waals surface area contributed by atoms with Gasteiger partial charge in [-0.05, 0) is 32.4 Å². The van der Waals surface area contributed by atoms with E-state index in [4.69, 9.17) is 4.74 Å². The Bertz CT molecular complexity index is 406. The van der Waals surface area contributed by atoms with E-state index >= 15 is 0 Å². The molecule has 0 saturated heterocycles. The largest absolute Gasteiger partial charge is 0.489 e. The molecule has 1 aromatic rings. The van der Waals surface area contributed by atoms with E-state index in [1.165, 1.54) is 12.0 Å². The summed E-state index contributed by atoms with van der Waals surface area (Å²) in [7, 11) is 1.78. The number of nitrogens with zero attached hydrogens (tertiary/aromatic N) is 1. The van der Waals surface area contributed by atoms with Crippen LogP contribution in [-0.4, -0.2) is 32.2 Å². The van der Waals surface area contributed by atoms with Gasteiger partial charge in [-0.25, -0.2) is 0 Å². The van der Waals surface area contributed by atoms with Crippen molar-refractivity contribution in [2.75, 3.05) is 20.1 Å². The molecule has 0 aromatic heterocycles. The second kappa shape index (κ2) is 11.7. The molecule has 0 fully saturated rings. The number of rotatable bonds is 7. The van der Waals surface area contributed by atoms with Crippen LogP contribution in [0.25, 0.3) is 0 Å². The Kier molecular flexibility index (Phi) is 11.1.